The van der Waals surface area contributed by atoms with E-state index in [4.69, 9.17) is 28.4 Å². The van der Waals surface area contributed by atoms with Crippen molar-refractivity contribution in [2.45, 2.75) is 160 Å². The van der Waals surface area contributed by atoms with Gasteiger partial charge in [0.05, 0.1) is 25.4 Å². The van der Waals surface area contributed by atoms with Crippen molar-refractivity contribution in [3.63, 3.8) is 0 Å². The van der Waals surface area contributed by atoms with Gasteiger partial charge in [-0.05, 0) is 97.2 Å². The molecule has 0 aromatic carbocycles. The van der Waals surface area contributed by atoms with Crippen LogP contribution in [0.2, 0.25) is 0 Å². The second-order valence-corrected chi connectivity index (χ2v) is 18.9. The highest BCUT2D eigenvalue weighted by Gasteiger charge is 2.86. The molecule has 0 radical (unpaired) electrons. The van der Waals surface area contributed by atoms with Gasteiger partial charge in [-0.1, -0.05) is 34.6 Å². The SMILES string of the molecule is CC(=O)OC1CC23CC24CCC(OC2OCC(O)C(O)C2O)C(C)(C)C4CCC3C2(C)CC3OC4(CC(C)C3C12C)OCC1(C)OC14. The second kappa shape index (κ2) is 9.52. The average molecular weight is 661 g/mol. The first-order valence-corrected chi connectivity index (χ1v) is 18.5. The first-order chi connectivity index (χ1) is 22.0. The predicted molar refractivity (Wildman–Crippen MR) is 166 cm³/mol. The summed E-state index contributed by atoms with van der Waals surface area (Å²) < 4.78 is 38.4. The molecule has 4 aliphatic heterocycles. The number of carbonyl (C=O) groups excluding carboxylic acids is 1. The van der Waals surface area contributed by atoms with Gasteiger partial charge in [-0.15, -0.1) is 0 Å². The lowest BCUT2D eigenvalue weighted by Crippen LogP contribution is -2.64. The summed E-state index contributed by atoms with van der Waals surface area (Å²) in [6.07, 6.45) is 2.89. The van der Waals surface area contributed by atoms with Crippen molar-refractivity contribution in [1.29, 1.82) is 0 Å². The number of aliphatic hydroxyl groups is 3. The van der Waals surface area contributed by atoms with Gasteiger partial charge in [0, 0.05) is 18.8 Å². The number of hydrogen-bond donors (Lipinski definition) is 3. The van der Waals surface area contributed by atoms with E-state index in [1.54, 1.807) is 6.92 Å². The molecule has 264 valence electrons. The minimum atomic E-state index is -1.29. The van der Waals surface area contributed by atoms with Crippen molar-refractivity contribution in [1.82, 2.24) is 0 Å². The highest BCUT2D eigenvalue weighted by atomic mass is 16.8. The molecule has 47 heavy (non-hydrogen) atoms. The molecule has 4 saturated heterocycles. The van der Waals surface area contributed by atoms with Crippen LogP contribution in [-0.2, 0) is 33.2 Å². The fourth-order valence-electron chi connectivity index (χ4n) is 14.6. The van der Waals surface area contributed by atoms with E-state index in [9.17, 15) is 20.1 Å². The Labute approximate surface area is 278 Å². The van der Waals surface area contributed by atoms with E-state index in [1.165, 1.54) is 0 Å². The first-order valence-electron chi connectivity index (χ1n) is 18.5. The topological polar surface area (TPSA) is 136 Å². The van der Waals surface area contributed by atoms with Gasteiger partial charge in [0.2, 0.25) is 0 Å². The molecule has 4 heterocycles. The van der Waals surface area contributed by atoms with Crippen LogP contribution in [-0.4, -0.2) is 94.9 Å². The lowest BCUT2D eigenvalue weighted by atomic mass is 9.41. The van der Waals surface area contributed by atoms with E-state index in [0.29, 0.717) is 24.4 Å². The maximum Gasteiger partial charge on any atom is 0.302 e. The molecule has 18 unspecified atom stereocenters. The first kappa shape index (κ1) is 32.1. The Morgan fingerprint density at radius 2 is 1.62 bits per heavy atom. The Hall–Kier alpha value is -0.850. The van der Waals surface area contributed by atoms with E-state index >= 15 is 0 Å². The molecule has 0 amide bonds. The zero-order valence-electron chi connectivity index (χ0n) is 29.2. The van der Waals surface area contributed by atoms with Crippen molar-refractivity contribution in [2.75, 3.05) is 13.2 Å². The van der Waals surface area contributed by atoms with Gasteiger partial charge >= 0.3 is 5.97 Å². The van der Waals surface area contributed by atoms with E-state index in [-0.39, 0.29) is 75.6 Å². The van der Waals surface area contributed by atoms with E-state index in [2.05, 4.69) is 41.5 Å². The third-order valence-corrected chi connectivity index (χ3v) is 16.6. The lowest BCUT2D eigenvalue weighted by molar-refractivity contribution is -0.309. The van der Waals surface area contributed by atoms with Crippen LogP contribution < -0.4 is 0 Å². The molecular formula is C37H56O10. The van der Waals surface area contributed by atoms with E-state index in [1.807, 2.05) is 0 Å². The molecule has 0 aromatic rings. The monoisotopic (exact) mass is 660 g/mol. The summed E-state index contributed by atoms with van der Waals surface area (Å²) in [5.41, 5.74) is -0.492. The number of ether oxygens (including phenoxy) is 6. The number of hydrogen-bond acceptors (Lipinski definition) is 10. The number of epoxide rings is 1. The normalized spacial score (nSPS) is 62.8. The summed E-state index contributed by atoms with van der Waals surface area (Å²) in [5.74, 6) is 0.642. The van der Waals surface area contributed by atoms with Crippen LogP contribution in [0, 0.1) is 50.7 Å². The molecular weight excluding hydrogens is 604 g/mol. The minimum absolute atomic E-state index is 0.00697. The number of fused-ring (bicyclic) bond motifs is 6. The van der Waals surface area contributed by atoms with Gasteiger partial charge in [-0.25, -0.2) is 0 Å². The van der Waals surface area contributed by atoms with E-state index in [0.717, 1.165) is 51.4 Å². The molecule has 9 rings (SSSR count). The van der Waals surface area contributed by atoms with Gasteiger partial charge in [-0.3, -0.25) is 4.79 Å². The third kappa shape index (κ3) is 3.78. The summed E-state index contributed by atoms with van der Waals surface area (Å²) in [4.78, 5) is 12.9. The summed E-state index contributed by atoms with van der Waals surface area (Å²) in [6.45, 7) is 16.1. The quantitative estimate of drug-likeness (QED) is 0.234. The van der Waals surface area contributed by atoms with Gasteiger partial charge < -0.3 is 43.7 Å². The van der Waals surface area contributed by atoms with Crippen LogP contribution in [0.25, 0.3) is 0 Å². The van der Waals surface area contributed by atoms with Crippen LogP contribution in [0.15, 0.2) is 0 Å². The van der Waals surface area contributed by atoms with Gasteiger partial charge in [-0.2, -0.15) is 0 Å². The predicted octanol–water partition coefficient (Wildman–Crippen LogP) is 3.71. The summed E-state index contributed by atoms with van der Waals surface area (Å²) in [6, 6.07) is 0. The van der Waals surface area contributed by atoms with Gasteiger partial charge in [0.1, 0.15) is 36.1 Å². The molecule has 5 saturated carbocycles. The van der Waals surface area contributed by atoms with Gasteiger partial charge in [0.15, 0.2) is 12.1 Å². The molecule has 10 nitrogen and oxygen atoms in total. The fourth-order valence-corrected chi connectivity index (χ4v) is 14.6. The Balaban J connectivity index is 1.03. The van der Waals surface area contributed by atoms with Crippen LogP contribution in [0.3, 0.4) is 0 Å². The van der Waals surface area contributed by atoms with Crippen LogP contribution in [0.5, 0.6) is 0 Å². The van der Waals surface area contributed by atoms with Crippen molar-refractivity contribution in [3.05, 3.63) is 0 Å². The maximum absolute atomic E-state index is 12.9. The Morgan fingerprint density at radius 3 is 2.30 bits per heavy atom. The molecule has 3 spiro atoms. The Kier molecular flexibility index (Phi) is 6.50. The lowest BCUT2D eigenvalue weighted by Gasteiger charge is -2.65. The minimum Gasteiger partial charge on any atom is -0.462 e. The summed E-state index contributed by atoms with van der Waals surface area (Å²) >= 11 is 0. The average Bonchev–Trinajstić information content (AvgIpc) is 3.81. The summed E-state index contributed by atoms with van der Waals surface area (Å²) in [5, 5.41) is 31.0. The molecule has 9 fully saturated rings. The molecule has 9 aliphatic rings. The molecule has 0 aromatic heterocycles. The number of carbonyl (C=O) groups is 1. The van der Waals surface area contributed by atoms with Crippen molar-refractivity contribution >= 4 is 5.97 Å². The van der Waals surface area contributed by atoms with Crippen LogP contribution in [0.4, 0.5) is 0 Å². The van der Waals surface area contributed by atoms with E-state index < -0.39 is 30.4 Å². The zero-order chi connectivity index (χ0) is 33.3. The molecule has 3 N–H and O–H groups in total. The van der Waals surface area contributed by atoms with Gasteiger partial charge in [0.25, 0.3) is 0 Å². The molecule has 5 aliphatic carbocycles. The number of aliphatic hydroxyl groups excluding tert-OH is 3. The highest BCUT2D eigenvalue weighted by Crippen LogP contribution is 2.89. The second-order valence-electron chi connectivity index (χ2n) is 18.9. The van der Waals surface area contributed by atoms with Crippen LogP contribution >= 0.6 is 0 Å². The van der Waals surface area contributed by atoms with Crippen LogP contribution in [0.1, 0.15) is 99.8 Å². The number of esters is 1. The largest absolute Gasteiger partial charge is 0.462 e. The zero-order valence-corrected chi connectivity index (χ0v) is 29.2. The highest BCUT2D eigenvalue weighted by molar-refractivity contribution is 5.66. The van der Waals surface area contributed by atoms with Crippen molar-refractivity contribution < 1.29 is 48.5 Å². The number of rotatable bonds is 3. The smallest absolute Gasteiger partial charge is 0.302 e. The molecule has 18 atom stereocenters. The third-order valence-electron chi connectivity index (χ3n) is 16.6. The molecule has 10 heteroatoms. The fraction of sp³-hybridized carbons (Fsp3) is 0.973. The Morgan fingerprint density at radius 1 is 0.872 bits per heavy atom. The maximum atomic E-state index is 12.9. The van der Waals surface area contributed by atoms with Crippen molar-refractivity contribution in [3.8, 4) is 0 Å². The summed E-state index contributed by atoms with van der Waals surface area (Å²) in [7, 11) is 0. The van der Waals surface area contributed by atoms with Crippen molar-refractivity contribution in [2.24, 2.45) is 50.7 Å². The molecule has 0 bridgehead atoms. The standard InChI is InChI=1S/C37H56O10/c1-18-12-37(30-33(6,47-30)17-43-37)46-21-13-32(5)23-9-8-22-31(3,4)24(45-29-28(41)27(40)20(39)15-42-29)10-11-35(22)16-36(23,35)14-25(44-19(2)38)34(32,7)26(18)21/h18,20-30,39-41H,8-17H2,1-7H3. The Bertz CT molecular complexity index is 1360.